The highest BCUT2D eigenvalue weighted by atomic mass is 35.5. The molecule has 1 heterocycles. The van der Waals surface area contributed by atoms with Crippen LogP contribution in [0.15, 0.2) is 0 Å². The molecule has 9 heavy (non-hydrogen) atoms. The summed E-state index contributed by atoms with van der Waals surface area (Å²) in [4.78, 5) is 0. The van der Waals surface area contributed by atoms with Gasteiger partial charge in [0, 0.05) is 0 Å². The molecule has 0 N–H and O–H groups in total. The van der Waals surface area contributed by atoms with Crippen LogP contribution in [0.1, 0.15) is 0 Å². The molecule has 0 aromatic rings. The van der Waals surface area contributed by atoms with Crippen LogP contribution >= 0.6 is 11.6 Å². The number of halogens is 4. The number of rotatable bonds is 1. The molecule has 54 valence electrons. The van der Waals surface area contributed by atoms with E-state index in [9.17, 15) is 13.2 Å². The second-order valence-electron chi connectivity index (χ2n) is 1.91. The quantitative estimate of drug-likeness (QED) is 0.419. The maximum absolute atomic E-state index is 11.7. The van der Waals surface area contributed by atoms with Crippen molar-refractivity contribution in [3.05, 3.63) is 0 Å². The Morgan fingerprint density at radius 3 is 2.00 bits per heavy atom. The van der Waals surface area contributed by atoms with Crippen LogP contribution < -0.4 is 0 Å². The van der Waals surface area contributed by atoms with Gasteiger partial charge in [0.2, 0.25) is 0 Å². The molecule has 1 unspecified atom stereocenters. The predicted molar refractivity (Wildman–Crippen MR) is 25.5 cm³/mol. The molecule has 5 heteroatoms. The Labute approximate surface area is 54.7 Å². The second kappa shape index (κ2) is 1.76. The van der Waals surface area contributed by atoms with Crippen molar-refractivity contribution in [2.75, 3.05) is 12.5 Å². The molecule has 1 aliphatic heterocycles. The van der Waals surface area contributed by atoms with E-state index in [-0.39, 0.29) is 6.61 Å². The molecule has 1 nitrogen and oxygen atoms in total. The number of ether oxygens (including phenoxy) is 1. The summed E-state index contributed by atoms with van der Waals surface area (Å²) in [5, 5.41) is 0. The van der Waals surface area contributed by atoms with Crippen LogP contribution in [-0.4, -0.2) is 24.3 Å². The van der Waals surface area contributed by atoms with Crippen molar-refractivity contribution < 1.29 is 17.9 Å². The molecule has 0 radical (unpaired) electrons. The third-order valence-corrected chi connectivity index (χ3v) is 1.66. The van der Waals surface area contributed by atoms with Crippen LogP contribution in [0.25, 0.3) is 0 Å². The largest absolute Gasteiger partial charge is 0.420 e. The van der Waals surface area contributed by atoms with Crippen molar-refractivity contribution in [2.45, 2.75) is 11.8 Å². The molecular formula is C4H4ClF3O. The van der Waals surface area contributed by atoms with Gasteiger partial charge in [-0.15, -0.1) is 11.6 Å². The van der Waals surface area contributed by atoms with E-state index in [1.54, 1.807) is 0 Å². The number of hydrogen-bond acceptors (Lipinski definition) is 1. The zero-order valence-corrected chi connectivity index (χ0v) is 5.09. The molecular weight excluding hydrogens is 156 g/mol. The monoisotopic (exact) mass is 160 g/mol. The van der Waals surface area contributed by atoms with Crippen molar-refractivity contribution in [3.8, 4) is 0 Å². The highest BCUT2D eigenvalue weighted by Gasteiger charge is 2.65. The van der Waals surface area contributed by atoms with Crippen LogP contribution in [0.3, 0.4) is 0 Å². The van der Waals surface area contributed by atoms with Crippen LogP contribution in [0.2, 0.25) is 0 Å². The zero-order chi connectivity index (χ0) is 7.12. The van der Waals surface area contributed by atoms with Gasteiger partial charge in [-0.1, -0.05) is 0 Å². The fourth-order valence-electron chi connectivity index (χ4n) is 0.404. The normalized spacial score (nSPS) is 34.7. The zero-order valence-electron chi connectivity index (χ0n) is 4.33. The van der Waals surface area contributed by atoms with Crippen molar-refractivity contribution in [1.82, 2.24) is 0 Å². The minimum Gasteiger partial charge on any atom is -0.359 e. The van der Waals surface area contributed by atoms with E-state index in [0.717, 1.165) is 0 Å². The van der Waals surface area contributed by atoms with Gasteiger partial charge in [0.1, 0.15) is 0 Å². The first-order valence-corrected chi connectivity index (χ1v) is 2.82. The van der Waals surface area contributed by atoms with Crippen molar-refractivity contribution in [2.24, 2.45) is 0 Å². The Morgan fingerprint density at radius 1 is 1.56 bits per heavy atom. The highest BCUT2D eigenvalue weighted by Crippen LogP contribution is 2.44. The molecule has 0 bridgehead atoms. The van der Waals surface area contributed by atoms with E-state index in [2.05, 4.69) is 4.74 Å². The Hall–Kier alpha value is 0.0400. The lowest BCUT2D eigenvalue weighted by Crippen LogP contribution is -2.34. The van der Waals surface area contributed by atoms with Gasteiger partial charge in [-0.2, -0.15) is 13.2 Å². The van der Waals surface area contributed by atoms with Crippen LogP contribution in [0.5, 0.6) is 0 Å². The van der Waals surface area contributed by atoms with Gasteiger partial charge in [-0.05, 0) is 0 Å². The van der Waals surface area contributed by atoms with Crippen LogP contribution in [0, 0.1) is 0 Å². The molecule has 1 fully saturated rings. The van der Waals surface area contributed by atoms with Gasteiger partial charge in [-0.25, -0.2) is 0 Å². The van der Waals surface area contributed by atoms with Crippen molar-refractivity contribution in [1.29, 1.82) is 0 Å². The molecule has 1 rings (SSSR count). The molecule has 1 saturated heterocycles. The van der Waals surface area contributed by atoms with Crippen LogP contribution in [0.4, 0.5) is 13.2 Å². The summed E-state index contributed by atoms with van der Waals surface area (Å²) in [6.45, 7) is -0.292. The first kappa shape index (κ1) is 7.15. The lowest BCUT2D eigenvalue weighted by atomic mass is 10.2. The van der Waals surface area contributed by atoms with Gasteiger partial charge in [-0.3, -0.25) is 0 Å². The summed E-state index contributed by atoms with van der Waals surface area (Å²) in [5.74, 6) is -0.503. The molecule has 0 aromatic carbocycles. The lowest BCUT2D eigenvalue weighted by Gasteiger charge is -2.11. The number of epoxide rings is 1. The van der Waals surface area contributed by atoms with E-state index in [1.165, 1.54) is 0 Å². The van der Waals surface area contributed by atoms with Gasteiger partial charge in [0.05, 0.1) is 12.5 Å². The van der Waals surface area contributed by atoms with Gasteiger partial charge in [0.25, 0.3) is 0 Å². The maximum atomic E-state index is 11.7. The Balaban J connectivity index is 2.60. The molecule has 0 amide bonds. The number of alkyl halides is 4. The highest BCUT2D eigenvalue weighted by molar-refractivity contribution is 6.18. The van der Waals surface area contributed by atoms with Gasteiger partial charge < -0.3 is 4.74 Å². The van der Waals surface area contributed by atoms with Gasteiger partial charge in [0.15, 0.2) is 5.60 Å². The van der Waals surface area contributed by atoms with Gasteiger partial charge >= 0.3 is 6.18 Å². The number of hydrogen-bond donors (Lipinski definition) is 0. The Bertz CT molecular complexity index is 117. The Kier molecular flexibility index (Phi) is 1.40. The van der Waals surface area contributed by atoms with Crippen LogP contribution in [-0.2, 0) is 4.74 Å². The minimum atomic E-state index is -4.30. The summed E-state index contributed by atoms with van der Waals surface area (Å²) in [6.07, 6.45) is -4.30. The molecule has 1 atom stereocenters. The fourth-order valence-corrected chi connectivity index (χ4v) is 0.710. The summed E-state index contributed by atoms with van der Waals surface area (Å²) in [7, 11) is 0. The standard InChI is InChI=1S/C4H4ClF3O/c5-1-3(2-9-3)4(6,7)8/h1-2H2. The topological polar surface area (TPSA) is 12.5 Å². The van der Waals surface area contributed by atoms with E-state index >= 15 is 0 Å². The molecule has 0 saturated carbocycles. The third-order valence-electron chi connectivity index (χ3n) is 1.23. The van der Waals surface area contributed by atoms with E-state index in [4.69, 9.17) is 11.6 Å². The Morgan fingerprint density at radius 2 is 2.00 bits per heavy atom. The summed E-state index contributed by atoms with van der Waals surface area (Å²) in [5.41, 5.74) is -2.01. The maximum Gasteiger partial charge on any atom is 0.420 e. The second-order valence-corrected chi connectivity index (χ2v) is 2.18. The molecule has 0 aromatic heterocycles. The molecule has 1 aliphatic rings. The molecule has 0 aliphatic carbocycles. The van der Waals surface area contributed by atoms with E-state index in [1.807, 2.05) is 0 Å². The fraction of sp³-hybridized carbons (Fsp3) is 1.00. The van der Waals surface area contributed by atoms with Crippen molar-refractivity contribution in [3.63, 3.8) is 0 Å². The van der Waals surface area contributed by atoms with Crippen molar-refractivity contribution >= 4 is 11.6 Å². The van der Waals surface area contributed by atoms with E-state index in [0.29, 0.717) is 0 Å². The molecule has 0 spiro atoms. The summed E-state index contributed by atoms with van der Waals surface area (Å²) in [6, 6.07) is 0. The average Bonchev–Trinajstić information content (AvgIpc) is 2.40. The average molecular weight is 161 g/mol. The minimum absolute atomic E-state index is 0.292. The summed E-state index contributed by atoms with van der Waals surface area (Å²) < 4.78 is 39.2. The SMILES string of the molecule is FC(F)(F)C1(CCl)CO1. The smallest absolute Gasteiger partial charge is 0.359 e. The van der Waals surface area contributed by atoms with E-state index < -0.39 is 17.7 Å². The first-order valence-electron chi connectivity index (χ1n) is 2.28. The summed E-state index contributed by atoms with van der Waals surface area (Å²) >= 11 is 5.00. The third kappa shape index (κ3) is 1.01. The first-order chi connectivity index (χ1) is 4.02. The predicted octanol–water partition coefficient (Wildman–Crippen LogP) is 1.56. The lowest BCUT2D eigenvalue weighted by molar-refractivity contribution is -0.177.